The summed E-state index contributed by atoms with van der Waals surface area (Å²) in [5, 5.41) is 10.5. The van der Waals surface area contributed by atoms with E-state index in [2.05, 4.69) is 0 Å². The van der Waals surface area contributed by atoms with Crippen LogP contribution in [0.1, 0.15) is 30.9 Å². The predicted molar refractivity (Wildman–Crippen MR) is 74.7 cm³/mol. The SMILES string of the molecule is OC(c1ccc(F)c(F)c1)C1CCOC2(CCSC2)C1. The zero-order valence-corrected chi connectivity index (χ0v) is 12.0. The molecule has 2 fully saturated rings. The maximum atomic E-state index is 13.3. The van der Waals surface area contributed by atoms with E-state index in [-0.39, 0.29) is 11.5 Å². The molecular formula is C15H18F2O2S. The lowest BCUT2D eigenvalue weighted by molar-refractivity contribution is -0.102. The summed E-state index contributed by atoms with van der Waals surface area (Å²) in [6.07, 6.45) is 1.81. The lowest BCUT2D eigenvalue weighted by atomic mass is 9.80. The van der Waals surface area contributed by atoms with Gasteiger partial charge in [0, 0.05) is 12.4 Å². The van der Waals surface area contributed by atoms with Gasteiger partial charge in [0.1, 0.15) is 0 Å². The molecule has 2 saturated heterocycles. The van der Waals surface area contributed by atoms with E-state index >= 15 is 0 Å². The van der Waals surface area contributed by atoms with Crippen molar-refractivity contribution in [2.24, 2.45) is 5.92 Å². The fourth-order valence-corrected chi connectivity index (χ4v) is 4.55. The number of hydrogen-bond donors (Lipinski definition) is 1. The summed E-state index contributed by atoms with van der Waals surface area (Å²) >= 11 is 1.88. The summed E-state index contributed by atoms with van der Waals surface area (Å²) in [5.74, 6) is 0.325. The Morgan fingerprint density at radius 1 is 1.35 bits per heavy atom. The molecule has 5 heteroatoms. The van der Waals surface area contributed by atoms with Crippen LogP contribution in [0.25, 0.3) is 0 Å². The van der Waals surface area contributed by atoms with Crippen molar-refractivity contribution in [3.63, 3.8) is 0 Å². The van der Waals surface area contributed by atoms with E-state index < -0.39 is 17.7 Å². The van der Waals surface area contributed by atoms with Gasteiger partial charge >= 0.3 is 0 Å². The Bertz CT molecular complexity index is 489. The second-order valence-corrected chi connectivity index (χ2v) is 6.81. The van der Waals surface area contributed by atoms with Crippen LogP contribution in [0.5, 0.6) is 0 Å². The summed E-state index contributed by atoms with van der Waals surface area (Å²) in [6.45, 7) is 0.631. The highest BCUT2D eigenvalue weighted by Gasteiger charge is 2.42. The minimum Gasteiger partial charge on any atom is -0.388 e. The molecule has 0 aliphatic carbocycles. The van der Waals surface area contributed by atoms with Crippen molar-refractivity contribution in [3.05, 3.63) is 35.4 Å². The Kier molecular flexibility index (Phi) is 4.02. The molecule has 0 saturated carbocycles. The maximum absolute atomic E-state index is 13.3. The number of halogens is 2. The lowest BCUT2D eigenvalue weighted by Gasteiger charge is -2.39. The van der Waals surface area contributed by atoms with Gasteiger partial charge in [-0.25, -0.2) is 8.78 Å². The molecule has 1 N–H and O–H groups in total. The third kappa shape index (κ3) is 2.71. The molecule has 2 heterocycles. The van der Waals surface area contributed by atoms with Crippen molar-refractivity contribution in [1.29, 1.82) is 0 Å². The van der Waals surface area contributed by atoms with Crippen LogP contribution in [0.15, 0.2) is 18.2 Å². The maximum Gasteiger partial charge on any atom is 0.159 e. The molecule has 110 valence electrons. The van der Waals surface area contributed by atoms with Crippen molar-refractivity contribution in [3.8, 4) is 0 Å². The molecule has 2 nitrogen and oxygen atoms in total. The van der Waals surface area contributed by atoms with Gasteiger partial charge in [-0.3, -0.25) is 0 Å². The number of benzene rings is 1. The zero-order valence-electron chi connectivity index (χ0n) is 11.1. The molecule has 0 aromatic heterocycles. The van der Waals surface area contributed by atoms with Crippen LogP contribution in [0, 0.1) is 17.6 Å². The number of aliphatic hydroxyl groups is 1. The highest BCUT2D eigenvalue weighted by atomic mass is 32.2. The Morgan fingerprint density at radius 3 is 2.90 bits per heavy atom. The average Bonchev–Trinajstić information content (AvgIpc) is 2.89. The van der Waals surface area contributed by atoms with Crippen molar-refractivity contribution < 1.29 is 18.6 Å². The predicted octanol–water partition coefficient (Wildman–Crippen LogP) is 3.30. The minimum atomic E-state index is -0.903. The van der Waals surface area contributed by atoms with Crippen LogP contribution in [0.4, 0.5) is 8.78 Å². The summed E-state index contributed by atoms with van der Waals surface area (Å²) in [5.41, 5.74) is 0.337. The lowest BCUT2D eigenvalue weighted by Crippen LogP contribution is -2.41. The standard InChI is InChI=1S/C15H18F2O2S/c16-12-2-1-10(7-13(12)17)14(18)11-3-5-19-15(8-11)4-6-20-9-15/h1-2,7,11,14,18H,3-6,8-9H2. The molecule has 3 unspecified atom stereocenters. The highest BCUT2D eigenvalue weighted by molar-refractivity contribution is 7.99. The largest absolute Gasteiger partial charge is 0.388 e. The normalized spacial score (nSPS) is 31.6. The van der Waals surface area contributed by atoms with Crippen molar-refractivity contribution in [1.82, 2.24) is 0 Å². The molecule has 2 aliphatic rings. The number of aliphatic hydroxyl groups excluding tert-OH is 1. The van der Waals surface area contributed by atoms with Crippen molar-refractivity contribution in [2.45, 2.75) is 31.0 Å². The average molecular weight is 300 g/mol. The van der Waals surface area contributed by atoms with Crippen LogP contribution >= 0.6 is 11.8 Å². The van der Waals surface area contributed by atoms with Gasteiger partial charge in [0.2, 0.25) is 0 Å². The molecule has 0 amide bonds. The van der Waals surface area contributed by atoms with E-state index in [1.54, 1.807) is 0 Å². The molecule has 1 aromatic rings. The molecule has 1 spiro atoms. The first-order valence-corrected chi connectivity index (χ1v) is 8.10. The Hall–Kier alpha value is -0.650. The number of rotatable bonds is 2. The number of thioether (sulfide) groups is 1. The molecule has 0 radical (unpaired) electrons. The molecule has 3 rings (SSSR count). The first kappa shape index (κ1) is 14.3. The van der Waals surface area contributed by atoms with E-state index in [4.69, 9.17) is 4.74 Å². The van der Waals surface area contributed by atoms with Crippen LogP contribution < -0.4 is 0 Å². The van der Waals surface area contributed by atoms with Gasteiger partial charge in [0.25, 0.3) is 0 Å². The van der Waals surface area contributed by atoms with E-state index in [0.29, 0.717) is 12.2 Å². The molecule has 20 heavy (non-hydrogen) atoms. The highest BCUT2D eigenvalue weighted by Crippen LogP contribution is 2.44. The molecule has 1 aromatic carbocycles. The van der Waals surface area contributed by atoms with Gasteiger partial charge in [-0.15, -0.1) is 0 Å². The Balaban J connectivity index is 1.75. The summed E-state index contributed by atoms with van der Waals surface area (Å²) in [4.78, 5) is 0. The van der Waals surface area contributed by atoms with Gasteiger partial charge in [-0.05, 0) is 48.6 Å². The molecule has 2 aliphatic heterocycles. The van der Waals surface area contributed by atoms with Gasteiger partial charge in [-0.1, -0.05) is 6.07 Å². The van der Waals surface area contributed by atoms with Gasteiger partial charge in [-0.2, -0.15) is 11.8 Å². The topological polar surface area (TPSA) is 29.5 Å². The minimum absolute atomic E-state index is 0.0484. The number of ether oxygens (including phenoxy) is 1. The van der Waals surface area contributed by atoms with Gasteiger partial charge in [0.05, 0.1) is 11.7 Å². The van der Waals surface area contributed by atoms with E-state index in [9.17, 15) is 13.9 Å². The van der Waals surface area contributed by atoms with Crippen molar-refractivity contribution >= 4 is 11.8 Å². The van der Waals surface area contributed by atoms with Crippen LogP contribution in [-0.4, -0.2) is 28.8 Å². The van der Waals surface area contributed by atoms with Gasteiger partial charge in [0.15, 0.2) is 11.6 Å². The molecular weight excluding hydrogens is 282 g/mol. The van der Waals surface area contributed by atoms with E-state index in [1.807, 2.05) is 11.8 Å². The van der Waals surface area contributed by atoms with E-state index in [1.165, 1.54) is 6.07 Å². The first-order valence-electron chi connectivity index (χ1n) is 6.94. The van der Waals surface area contributed by atoms with Crippen LogP contribution in [0.2, 0.25) is 0 Å². The zero-order chi connectivity index (χ0) is 14.2. The Labute approximate surface area is 121 Å². The second-order valence-electron chi connectivity index (χ2n) is 5.71. The fourth-order valence-electron chi connectivity index (χ4n) is 3.17. The first-order chi connectivity index (χ1) is 9.60. The van der Waals surface area contributed by atoms with Crippen molar-refractivity contribution in [2.75, 3.05) is 18.1 Å². The monoisotopic (exact) mass is 300 g/mol. The fraction of sp³-hybridized carbons (Fsp3) is 0.600. The second kappa shape index (κ2) is 5.62. The summed E-state index contributed by atoms with van der Waals surface area (Å²) in [7, 11) is 0. The summed E-state index contributed by atoms with van der Waals surface area (Å²) in [6, 6.07) is 3.65. The number of hydrogen-bond acceptors (Lipinski definition) is 3. The summed E-state index contributed by atoms with van der Waals surface area (Å²) < 4.78 is 32.2. The van der Waals surface area contributed by atoms with Crippen LogP contribution in [0.3, 0.4) is 0 Å². The molecule has 3 atom stereocenters. The van der Waals surface area contributed by atoms with Crippen LogP contribution in [-0.2, 0) is 4.74 Å². The smallest absolute Gasteiger partial charge is 0.159 e. The third-order valence-corrected chi connectivity index (χ3v) is 5.55. The van der Waals surface area contributed by atoms with Gasteiger partial charge < -0.3 is 9.84 Å². The quantitative estimate of drug-likeness (QED) is 0.909. The Morgan fingerprint density at radius 2 is 2.20 bits per heavy atom. The van der Waals surface area contributed by atoms with E-state index in [0.717, 1.165) is 42.9 Å². The third-order valence-electron chi connectivity index (χ3n) is 4.33. The molecule has 0 bridgehead atoms.